The molecule has 0 amide bonds. The van der Waals surface area contributed by atoms with Crippen molar-refractivity contribution in [1.82, 2.24) is 4.90 Å². The van der Waals surface area contributed by atoms with Crippen LogP contribution in [0.4, 0.5) is 14.5 Å². The van der Waals surface area contributed by atoms with Gasteiger partial charge in [0.25, 0.3) is 0 Å². The normalized spacial score (nSPS) is 17.7. The molecule has 0 radical (unpaired) electrons. The van der Waals surface area contributed by atoms with E-state index >= 15 is 0 Å². The minimum Gasteiger partial charge on any atom is -0.433 e. The highest BCUT2D eigenvalue weighted by Crippen LogP contribution is 2.29. The van der Waals surface area contributed by atoms with Gasteiger partial charge in [0.2, 0.25) is 0 Å². The van der Waals surface area contributed by atoms with Gasteiger partial charge < -0.3 is 15.0 Å². The van der Waals surface area contributed by atoms with Crippen LogP contribution in [0, 0.1) is 0 Å². The molecule has 0 spiro atoms. The number of nitrogens with zero attached hydrogens (tertiary/aromatic N) is 1. The maximum atomic E-state index is 12.1. The molecule has 1 aromatic carbocycles. The molecule has 6 heteroatoms. The summed E-state index contributed by atoms with van der Waals surface area (Å²) >= 11 is 5.91. The molecule has 1 heterocycles. The SMILES string of the molecule is CN1CCC(Nc2ccc(OC(F)F)c(Cl)c2)CC1. The third-order valence-corrected chi connectivity index (χ3v) is 3.53. The minimum absolute atomic E-state index is 0.00518. The first-order chi connectivity index (χ1) is 9.04. The lowest BCUT2D eigenvalue weighted by atomic mass is 10.1. The van der Waals surface area contributed by atoms with Crippen LogP contribution in [-0.2, 0) is 0 Å². The smallest absolute Gasteiger partial charge is 0.387 e. The highest BCUT2D eigenvalue weighted by atomic mass is 35.5. The number of hydrogen-bond acceptors (Lipinski definition) is 3. The van der Waals surface area contributed by atoms with Gasteiger partial charge in [-0.15, -0.1) is 0 Å². The highest BCUT2D eigenvalue weighted by Gasteiger charge is 2.17. The van der Waals surface area contributed by atoms with Gasteiger partial charge in [0.1, 0.15) is 5.75 Å². The van der Waals surface area contributed by atoms with Crippen LogP contribution < -0.4 is 10.1 Å². The number of anilines is 1. The summed E-state index contributed by atoms with van der Waals surface area (Å²) < 4.78 is 28.5. The number of nitrogens with one attached hydrogen (secondary N) is 1. The summed E-state index contributed by atoms with van der Waals surface area (Å²) in [6.07, 6.45) is 2.12. The molecule has 0 aliphatic carbocycles. The first-order valence-corrected chi connectivity index (χ1v) is 6.62. The molecular formula is C13H17ClF2N2O. The molecule has 0 unspecified atom stereocenters. The van der Waals surface area contributed by atoms with Gasteiger partial charge in [-0.2, -0.15) is 8.78 Å². The minimum atomic E-state index is -2.86. The number of piperidine rings is 1. The molecule has 1 N–H and O–H groups in total. The molecule has 1 fully saturated rings. The lowest BCUT2D eigenvalue weighted by Crippen LogP contribution is -2.36. The Morgan fingerprint density at radius 3 is 2.63 bits per heavy atom. The van der Waals surface area contributed by atoms with E-state index in [0.29, 0.717) is 6.04 Å². The molecule has 0 aromatic heterocycles. The Labute approximate surface area is 116 Å². The predicted molar refractivity (Wildman–Crippen MR) is 72.2 cm³/mol. The molecule has 3 nitrogen and oxygen atoms in total. The lowest BCUT2D eigenvalue weighted by molar-refractivity contribution is -0.0497. The first-order valence-electron chi connectivity index (χ1n) is 6.24. The van der Waals surface area contributed by atoms with Gasteiger partial charge in [0.05, 0.1) is 5.02 Å². The van der Waals surface area contributed by atoms with Crippen molar-refractivity contribution in [3.8, 4) is 5.75 Å². The molecule has 1 aliphatic heterocycles. The maximum Gasteiger partial charge on any atom is 0.387 e. The molecule has 1 aromatic rings. The van der Waals surface area contributed by atoms with E-state index in [1.54, 1.807) is 12.1 Å². The molecular weight excluding hydrogens is 274 g/mol. The van der Waals surface area contributed by atoms with Crippen molar-refractivity contribution in [2.75, 3.05) is 25.5 Å². The molecule has 1 aliphatic rings. The van der Waals surface area contributed by atoms with Crippen LogP contribution in [0.15, 0.2) is 18.2 Å². The Morgan fingerprint density at radius 2 is 2.05 bits per heavy atom. The summed E-state index contributed by atoms with van der Waals surface area (Å²) in [4.78, 5) is 2.28. The average Bonchev–Trinajstić information content (AvgIpc) is 2.35. The van der Waals surface area contributed by atoms with Gasteiger partial charge in [-0.3, -0.25) is 0 Å². The quantitative estimate of drug-likeness (QED) is 0.919. The number of benzene rings is 1. The van der Waals surface area contributed by atoms with Gasteiger partial charge in [0.15, 0.2) is 0 Å². The fourth-order valence-electron chi connectivity index (χ4n) is 2.17. The summed E-state index contributed by atoms with van der Waals surface area (Å²) in [5.74, 6) is 0.00518. The number of ether oxygens (including phenoxy) is 1. The number of rotatable bonds is 4. The van der Waals surface area contributed by atoms with Crippen molar-refractivity contribution in [3.05, 3.63) is 23.2 Å². The van der Waals surface area contributed by atoms with Crippen molar-refractivity contribution in [3.63, 3.8) is 0 Å². The third-order valence-electron chi connectivity index (χ3n) is 3.24. The molecule has 106 valence electrons. The summed E-state index contributed by atoms with van der Waals surface area (Å²) in [7, 11) is 2.10. The number of likely N-dealkylation sites (tertiary alicyclic amines) is 1. The predicted octanol–water partition coefficient (Wildman–Crippen LogP) is 3.45. The topological polar surface area (TPSA) is 24.5 Å². The molecule has 1 saturated heterocycles. The van der Waals surface area contributed by atoms with Crippen LogP contribution in [0.5, 0.6) is 5.75 Å². The Morgan fingerprint density at radius 1 is 1.37 bits per heavy atom. The van der Waals surface area contributed by atoms with Crippen LogP contribution >= 0.6 is 11.6 Å². The summed E-state index contributed by atoms with van der Waals surface area (Å²) in [5, 5.41) is 3.56. The zero-order valence-electron chi connectivity index (χ0n) is 10.7. The Bertz CT molecular complexity index is 423. The van der Waals surface area contributed by atoms with Gasteiger partial charge in [0, 0.05) is 11.7 Å². The fourth-order valence-corrected chi connectivity index (χ4v) is 2.40. The van der Waals surface area contributed by atoms with E-state index in [4.69, 9.17) is 11.6 Å². The van der Waals surface area contributed by atoms with Crippen LogP contribution in [0.2, 0.25) is 5.02 Å². The number of alkyl halides is 2. The van der Waals surface area contributed by atoms with Crippen molar-refractivity contribution in [2.45, 2.75) is 25.5 Å². The van der Waals surface area contributed by atoms with E-state index in [9.17, 15) is 8.78 Å². The molecule has 0 atom stereocenters. The number of hydrogen-bond donors (Lipinski definition) is 1. The van der Waals surface area contributed by atoms with E-state index in [1.165, 1.54) is 6.07 Å². The van der Waals surface area contributed by atoms with Gasteiger partial charge in [-0.25, -0.2) is 0 Å². The number of halogens is 3. The van der Waals surface area contributed by atoms with Crippen molar-refractivity contribution >= 4 is 17.3 Å². The average molecular weight is 291 g/mol. The van der Waals surface area contributed by atoms with Crippen LogP contribution in [-0.4, -0.2) is 37.7 Å². The molecule has 2 rings (SSSR count). The standard InChI is InChI=1S/C13H17ClF2N2O/c1-18-6-4-9(5-7-18)17-10-2-3-12(11(14)8-10)19-13(15)16/h2-3,8-9,13,17H,4-7H2,1H3. The highest BCUT2D eigenvalue weighted by molar-refractivity contribution is 6.32. The summed E-state index contributed by atoms with van der Waals surface area (Å²) in [6, 6.07) is 5.19. The second-order valence-corrected chi connectivity index (χ2v) is 5.15. The fraction of sp³-hybridized carbons (Fsp3) is 0.538. The third kappa shape index (κ3) is 4.21. The first kappa shape index (κ1) is 14.3. The van der Waals surface area contributed by atoms with E-state index in [2.05, 4.69) is 22.0 Å². The summed E-state index contributed by atoms with van der Waals surface area (Å²) in [6.45, 7) is -0.749. The van der Waals surface area contributed by atoms with Crippen LogP contribution in [0.3, 0.4) is 0 Å². The monoisotopic (exact) mass is 290 g/mol. The van der Waals surface area contributed by atoms with E-state index < -0.39 is 6.61 Å². The van der Waals surface area contributed by atoms with E-state index in [1.807, 2.05) is 0 Å². The Kier molecular flexibility index (Phi) is 4.82. The van der Waals surface area contributed by atoms with Crippen molar-refractivity contribution in [1.29, 1.82) is 0 Å². The zero-order chi connectivity index (χ0) is 13.8. The van der Waals surface area contributed by atoms with Gasteiger partial charge in [-0.1, -0.05) is 11.6 Å². The van der Waals surface area contributed by atoms with Gasteiger partial charge >= 0.3 is 6.61 Å². The molecule has 0 bridgehead atoms. The zero-order valence-corrected chi connectivity index (χ0v) is 11.5. The van der Waals surface area contributed by atoms with E-state index in [-0.39, 0.29) is 10.8 Å². The van der Waals surface area contributed by atoms with Crippen molar-refractivity contribution in [2.24, 2.45) is 0 Å². The van der Waals surface area contributed by atoms with Crippen LogP contribution in [0.25, 0.3) is 0 Å². The Balaban J connectivity index is 1.96. The largest absolute Gasteiger partial charge is 0.433 e. The van der Waals surface area contributed by atoms with Crippen molar-refractivity contribution < 1.29 is 13.5 Å². The van der Waals surface area contributed by atoms with Gasteiger partial charge in [-0.05, 0) is 51.2 Å². The maximum absolute atomic E-state index is 12.1. The van der Waals surface area contributed by atoms with Crippen LogP contribution in [0.1, 0.15) is 12.8 Å². The second-order valence-electron chi connectivity index (χ2n) is 4.75. The summed E-state index contributed by atoms with van der Waals surface area (Å²) in [5.41, 5.74) is 0.834. The molecule has 19 heavy (non-hydrogen) atoms. The second kappa shape index (κ2) is 6.39. The Hall–Kier alpha value is -1.07. The van der Waals surface area contributed by atoms with E-state index in [0.717, 1.165) is 31.6 Å². The lowest BCUT2D eigenvalue weighted by Gasteiger charge is -2.30. The molecule has 0 saturated carbocycles.